The number of hydrogen-bond acceptors (Lipinski definition) is 5. The quantitative estimate of drug-likeness (QED) is 0.400. The molecule has 0 radical (unpaired) electrons. The molecule has 0 aliphatic carbocycles. The number of aromatic nitrogens is 1. The first-order valence-corrected chi connectivity index (χ1v) is 10.3. The van der Waals surface area contributed by atoms with Gasteiger partial charge in [-0.3, -0.25) is 4.79 Å². The second-order valence-corrected chi connectivity index (χ2v) is 7.33. The highest BCUT2D eigenvalue weighted by molar-refractivity contribution is 6.08. The molecule has 0 fully saturated rings. The number of ether oxygens (including phenoxy) is 3. The van der Waals surface area contributed by atoms with Crippen molar-refractivity contribution in [3.8, 4) is 5.75 Å². The molecule has 0 unspecified atom stereocenters. The summed E-state index contributed by atoms with van der Waals surface area (Å²) in [6.07, 6.45) is 0. The highest BCUT2D eigenvalue weighted by Gasteiger charge is 2.27. The lowest BCUT2D eigenvalue weighted by molar-refractivity contribution is 0.0387. The van der Waals surface area contributed by atoms with Crippen molar-refractivity contribution in [2.24, 2.45) is 0 Å². The van der Waals surface area contributed by atoms with Gasteiger partial charge in [0.25, 0.3) is 5.91 Å². The molecule has 0 saturated heterocycles. The van der Waals surface area contributed by atoms with E-state index in [4.69, 9.17) is 14.2 Å². The van der Waals surface area contributed by atoms with Crippen LogP contribution in [-0.4, -0.2) is 44.3 Å². The molecular weight excluding hydrogens is 408 g/mol. The molecule has 1 N–H and O–H groups in total. The zero-order chi connectivity index (χ0) is 23.1. The number of nitrogens with one attached hydrogen (secondary N) is 1. The lowest BCUT2D eigenvalue weighted by atomic mass is 10.1. The molecule has 7 heteroatoms. The first-order chi connectivity index (χ1) is 15.5. The van der Waals surface area contributed by atoms with Crippen molar-refractivity contribution >= 4 is 17.6 Å². The van der Waals surface area contributed by atoms with E-state index < -0.39 is 5.97 Å². The Balaban J connectivity index is 1.95. The number of carbonyl (C=O) groups is 2. The third-order valence-corrected chi connectivity index (χ3v) is 5.19. The average molecular weight is 437 g/mol. The normalized spacial score (nSPS) is 10.6. The van der Waals surface area contributed by atoms with Crippen LogP contribution < -0.4 is 9.64 Å². The molecular formula is C25H28N2O5. The first-order valence-electron chi connectivity index (χ1n) is 10.3. The molecule has 3 aromatic rings. The Kier molecular flexibility index (Phi) is 7.68. The number of H-pyrrole nitrogens is 1. The zero-order valence-corrected chi connectivity index (χ0v) is 18.8. The summed E-state index contributed by atoms with van der Waals surface area (Å²) in [5.74, 6) is -0.0178. The van der Waals surface area contributed by atoms with E-state index in [0.717, 1.165) is 11.3 Å². The number of aromatic amines is 1. The number of esters is 1. The summed E-state index contributed by atoms with van der Waals surface area (Å²) in [6.45, 7) is 4.33. The van der Waals surface area contributed by atoms with Crippen LogP contribution in [0.5, 0.6) is 5.75 Å². The predicted molar refractivity (Wildman–Crippen MR) is 122 cm³/mol. The number of methoxy groups -OCH3 is 2. The summed E-state index contributed by atoms with van der Waals surface area (Å²) in [7, 11) is 3.14. The van der Waals surface area contributed by atoms with Gasteiger partial charge in [0.1, 0.15) is 18.1 Å². The van der Waals surface area contributed by atoms with Crippen molar-refractivity contribution in [3.63, 3.8) is 0 Å². The van der Waals surface area contributed by atoms with Gasteiger partial charge in [0, 0.05) is 18.5 Å². The average Bonchev–Trinajstić information content (AvgIpc) is 3.11. The van der Waals surface area contributed by atoms with Crippen molar-refractivity contribution < 1.29 is 23.8 Å². The maximum Gasteiger partial charge on any atom is 0.340 e. The zero-order valence-electron chi connectivity index (χ0n) is 18.8. The van der Waals surface area contributed by atoms with Gasteiger partial charge in [-0.1, -0.05) is 30.3 Å². The predicted octanol–water partition coefficient (Wildman–Crippen LogP) is 4.29. The van der Waals surface area contributed by atoms with E-state index in [1.807, 2.05) is 54.6 Å². The van der Waals surface area contributed by atoms with E-state index in [0.29, 0.717) is 41.4 Å². The number of aryl methyl sites for hydroxylation is 1. The topological polar surface area (TPSA) is 80.9 Å². The van der Waals surface area contributed by atoms with Crippen LogP contribution in [0.2, 0.25) is 0 Å². The number of rotatable bonds is 9. The monoisotopic (exact) mass is 436 g/mol. The smallest absolute Gasteiger partial charge is 0.340 e. The summed E-state index contributed by atoms with van der Waals surface area (Å²) >= 11 is 0. The van der Waals surface area contributed by atoms with Crippen LogP contribution in [0.25, 0.3) is 0 Å². The first kappa shape index (κ1) is 23.1. The molecule has 2 aromatic carbocycles. The van der Waals surface area contributed by atoms with Gasteiger partial charge in [-0.15, -0.1) is 0 Å². The second kappa shape index (κ2) is 10.6. The summed E-state index contributed by atoms with van der Waals surface area (Å²) in [5.41, 5.74) is 3.57. The van der Waals surface area contributed by atoms with Gasteiger partial charge in [0.05, 0.1) is 25.8 Å². The van der Waals surface area contributed by atoms with Crippen LogP contribution in [0.15, 0.2) is 54.6 Å². The minimum absolute atomic E-state index is 0.147. The van der Waals surface area contributed by atoms with Gasteiger partial charge in [0.2, 0.25) is 0 Å². The van der Waals surface area contributed by atoms with E-state index in [-0.39, 0.29) is 12.5 Å². The van der Waals surface area contributed by atoms with E-state index in [9.17, 15) is 9.59 Å². The SMILES string of the molecule is COCCOC(=O)c1c(C)[nH]c(C(=O)N(Cc2ccccc2)c2ccc(OC)cc2)c1C. The van der Waals surface area contributed by atoms with Crippen LogP contribution in [0.4, 0.5) is 5.69 Å². The molecule has 3 rings (SSSR count). The number of nitrogens with zero attached hydrogens (tertiary/aromatic N) is 1. The van der Waals surface area contributed by atoms with Crippen LogP contribution in [0, 0.1) is 13.8 Å². The molecule has 0 bridgehead atoms. The molecule has 1 aromatic heterocycles. The minimum Gasteiger partial charge on any atom is -0.497 e. The Morgan fingerprint density at radius 2 is 1.62 bits per heavy atom. The Morgan fingerprint density at radius 3 is 2.25 bits per heavy atom. The van der Waals surface area contributed by atoms with Crippen LogP contribution in [-0.2, 0) is 16.0 Å². The number of anilines is 1. The summed E-state index contributed by atoms with van der Waals surface area (Å²) in [6, 6.07) is 17.0. The third kappa shape index (κ3) is 5.18. The molecule has 0 aliphatic heterocycles. The number of amides is 1. The lowest BCUT2D eigenvalue weighted by Crippen LogP contribution is -2.31. The largest absolute Gasteiger partial charge is 0.497 e. The van der Waals surface area contributed by atoms with E-state index in [1.165, 1.54) is 7.11 Å². The van der Waals surface area contributed by atoms with E-state index >= 15 is 0 Å². The molecule has 0 spiro atoms. The highest BCUT2D eigenvalue weighted by Crippen LogP contribution is 2.26. The van der Waals surface area contributed by atoms with Crippen molar-refractivity contribution in [2.45, 2.75) is 20.4 Å². The van der Waals surface area contributed by atoms with Crippen molar-refractivity contribution in [1.29, 1.82) is 0 Å². The van der Waals surface area contributed by atoms with Gasteiger partial charge in [-0.05, 0) is 49.2 Å². The second-order valence-electron chi connectivity index (χ2n) is 7.33. The van der Waals surface area contributed by atoms with Gasteiger partial charge in [-0.2, -0.15) is 0 Å². The lowest BCUT2D eigenvalue weighted by Gasteiger charge is -2.23. The molecule has 168 valence electrons. The number of hydrogen-bond donors (Lipinski definition) is 1. The Labute approximate surface area is 187 Å². The fraction of sp³-hybridized carbons (Fsp3) is 0.280. The maximum atomic E-state index is 13.7. The molecule has 1 amide bonds. The van der Waals surface area contributed by atoms with Gasteiger partial charge in [0.15, 0.2) is 0 Å². The summed E-state index contributed by atoms with van der Waals surface area (Å²) in [5, 5.41) is 0. The summed E-state index contributed by atoms with van der Waals surface area (Å²) in [4.78, 5) is 31.0. The van der Waals surface area contributed by atoms with Crippen LogP contribution >= 0.6 is 0 Å². The van der Waals surface area contributed by atoms with Crippen molar-refractivity contribution in [1.82, 2.24) is 4.98 Å². The third-order valence-electron chi connectivity index (χ3n) is 5.19. The van der Waals surface area contributed by atoms with Crippen molar-refractivity contribution in [2.75, 3.05) is 32.3 Å². The Bertz CT molecular complexity index is 1060. The molecule has 0 aliphatic rings. The molecule has 0 atom stereocenters. The van der Waals surface area contributed by atoms with Crippen LogP contribution in [0.3, 0.4) is 0 Å². The standard InChI is InChI=1S/C25H28N2O5/c1-17-22(25(29)32-15-14-30-3)18(2)26-23(17)24(28)27(16-19-8-6-5-7-9-19)20-10-12-21(31-4)13-11-20/h5-13,26H,14-16H2,1-4H3. The minimum atomic E-state index is -0.480. The molecule has 32 heavy (non-hydrogen) atoms. The van der Waals surface area contributed by atoms with Gasteiger partial charge >= 0.3 is 5.97 Å². The van der Waals surface area contributed by atoms with E-state index in [1.54, 1.807) is 25.9 Å². The molecule has 7 nitrogen and oxygen atoms in total. The van der Waals surface area contributed by atoms with Crippen LogP contribution in [0.1, 0.15) is 37.7 Å². The molecule has 1 heterocycles. The Morgan fingerprint density at radius 1 is 0.938 bits per heavy atom. The Hall–Kier alpha value is -3.58. The van der Waals surface area contributed by atoms with Crippen molar-refractivity contribution in [3.05, 3.63) is 82.7 Å². The fourth-order valence-corrected chi connectivity index (χ4v) is 3.50. The number of carbonyl (C=O) groups excluding carboxylic acids is 2. The highest BCUT2D eigenvalue weighted by atomic mass is 16.6. The molecule has 0 saturated carbocycles. The van der Waals surface area contributed by atoms with Gasteiger partial charge < -0.3 is 24.1 Å². The van der Waals surface area contributed by atoms with E-state index in [2.05, 4.69) is 4.98 Å². The van der Waals surface area contributed by atoms with Gasteiger partial charge in [-0.25, -0.2) is 4.79 Å². The number of benzene rings is 2. The summed E-state index contributed by atoms with van der Waals surface area (Å²) < 4.78 is 15.4. The fourth-order valence-electron chi connectivity index (χ4n) is 3.50. The maximum absolute atomic E-state index is 13.7.